The molecule has 0 aliphatic carbocycles. The van der Waals surface area contributed by atoms with Crippen LogP contribution in [0.5, 0.6) is 11.5 Å². The molecule has 0 heterocycles. The van der Waals surface area contributed by atoms with Gasteiger partial charge in [-0.15, -0.1) is 0 Å². The van der Waals surface area contributed by atoms with Crippen molar-refractivity contribution in [2.45, 2.75) is 26.2 Å². The molecule has 4 N–H and O–H groups in total. The van der Waals surface area contributed by atoms with E-state index in [9.17, 15) is 0 Å². The maximum atomic E-state index is 6.02. The number of hydrogen-bond acceptors (Lipinski definition) is 3. The maximum absolute atomic E-state index is 6.02. The number of nitrogen functional groups attached to an aromatic ring is 2. The number of anilines is 2. The van der Waals surface area contributed by atoms with E-state index < -0.39 is 0 Å². The van der Waals surface area contributed by atoms with E-state index in [1.807, 2.05) is 36.4 Å². The molecule has 100 valence electrons. The Morgan fingerprint density at radius 3 is 2.21 bits per heavy atom. The van der Waals surface area contributed by atoms with E-state index >= 15 is 0 Å². The molecule has 3 heteroatoms. The zero-order valence-corrected chi connectivity index (χ0v) is 11.6. The minimum Gasteiger partial charge on any atom is -0.457 e. The Morgan fingerprint density at radius 2 is 1.58 bits per heavy atom. The first-order valence-corrected chi connectivity index (χ1v) is 6.29. The molecule has 19 heavy (non-hydrogen) atoms. The first-order valence-electron chi connectivity index (χ1n) is 6.29. The number of hydrogen-bond donors (Lipinski definition) is 2. The largest absolute Gasteiger partial charge is 0.457 e. The Morgan fingerprint density at radius 1 is 0.895 bits per heavy atom. The molecule has 2 aromatic rings. The number of rotatable bonds is 2. The normalized spacial score (nSPS) is 11.3. The van der Waals surface area contributed by atoms with Crippen molar-refractivity contribution in [1.29, 1.82) is 0 Å². The zero-order valence-electron chi connectivity index (χ0n) is 11.6. The fourth-order valence-electron chi connectivity index (χ4n) is 1.96. The van der Waals surface area contributed by atoms with E-state index in [2.05, 4.69) is 20.8 Å². The zero-order chi connectivity index (χ0) is 14.0. The minimum atomic E-state index is -0.0147. The summed E-state index contributed by atoms with van der Waals surface area (Å²) in [5.74, 6) is 1.49. The summed E-state index contributed by atoms with van der Waals surface area (Å²) in [4.78, 5) is 0. The first kappa shape index (κ1) is 13.3. The average molecular weight is 256 g/mol. The minimum absolute atomic E-state index is 0.0147. The highest BCUT2D eigenvalue weighted by molar-refractivity contribution is 5.54. The van der Waals surface area contributed by atoms with Gasteiger partial charge >= 0.3 is 0 Å². The third-order valence-corrected chi connectivity index (χ3v) is 2.93. The molecule has 3 nitrogen and oxygen atoms in total. The van der Waals surface area contributed by atoms with Gasteiger partial charge in [0, 0.05) is 17.4 Å². The van der Waals surface area contributed by atoms with Gasteiger partial charge in [-0.1, -0.05) is 26.8 Å². The molecule has 0 bridgehead atoms. The SMILES string of the molecule is CC(C)(C)c1cc(Oc2cccc(N)c2)ccc1N. The Bertz CT molecular complexity index is 586. The summed E-state index contributed by atoms with van der Waals surface area (Å²) in [6, 6.07) is 13.1. The lowest BCUT2D eigenvalue weighted by atomic mass is 9.86. The van der Waals surface area contributed by atoms with Gasteiger partial charge in [-0.2, -0.15) is 0 Å². The van der Waals surface area contributed by atoms with Crippen LogP contribution in [0.4, 0.5) is 11.4 Å². The molecular formula is C16H20N2O. The summed E-state index contributed by atoms with van der Waals surface area (Å²) >= 11 is 0. The van der Waals surface area contributed by atoms with E-state index in [4.69, 9.17) is 16.2 Å². The van der Waals surface area contributed by atoms with Gasteiger partial charge in [0.25, 0.3) is 0 Å². The molecule has 0 radical (unpaired) electrons. The Hall–Kier alpha value is -2.16. The van der Waals surface area contributed by atoms with Crippen LogP contribution in [0.1, 0.15) is 26.3 Å². The van der Waals surface area contributed by atoms with Crippen molar-refractivity contribution in [1.82, 2.24) is 0 Å². The second-order valence-electron chi connectivity index (χ2n) is 5.67. The van der Waals surface area contributed by atoms with Crippen LogP contribution in [0, 0.1) is 0 Å². The van der Waals surface area contributed by atoms with Crippen molar-refractivity contribution in [3.63, 3.8) is 0 Å². The van der Waals surface area contributed by atoms with Gasteiger partial charge in [-0.25, -0.2) is 0 Å². The van der Waals surface area contributed by atoms with Crippen molar-refractivity contribution in [3.8, 4) is 11.5 Å². The molecule has 0 unspecified atom stereocenters. The fourth-order valence-corrected chi connectivity index (χ4v) is 1.96. The van der Waals surface area contributed by atoms with Crippen LogP contribution in [0.2, 0.25) is 0 Å². The lowest BCUT2D eigenvalue weighted by molar-refractivity contribution is 0.479. The molecule has 0 saturated carbocycles. The second kappa shape index (κ2) is 4.84. The summed E-state index contributed by atoms with van der Waals surface area (Å²) in [6.45, 7) is 6.38. The van der Waals surface area contributed by atoms with Gasteiger partial charge in [0.1, 0.15) is 11.5 Å². The maximum Gasteiger partial charge on any atom is 0.129 e. The monoisotopic (exact) mass is 256 g/mol. The van der Waals surface area contributed by atoms with Crippen LogP contribution >= 0.6 is 0 Å². The van der Waals surface area contributed by atoms with E-state index in [-0.39, 0.29) is 5.41 Å². The standard InChI is InChI=1S/C16H20N2O/c1-16(2,3)14-10-13(7-8-15(14)18)19-12-6-4-5-11(17)9-12/h4-10H,17-18H2,1-3H3. The van der Waals surface area contributed by atoms with Gasteiger partial charge in [0.15, 0.2) is 0 Å². The van der Waals surface area contributed by atoms with Crippen molar-refractivity contribution in [2.75, 3.05) is 11.5 Å². The quantitative estimate of drug-likeness (QED) is 0.800. The number of benzene rings is 2. The fraction of sp³-hybridized carbons (Fsp3) is 0.250. The topological polar surface area (TPSA) is 61.3 Å². The molecule has 0 aliphatic rings. The third kappa shape index (κ3) is 3.19. The molecule has 0 aliphatic heterocycles. The van der Waals surface area contributed by atoms with Gasteiger partial charge < -0.3 is 16.2 Å². The van der Waals surface area contributed by atoms with Crippen LogP contribution in [-0.4, -0.2) is 0 Å². The first-order chi connectivity index (χ1) is 8.86. The highest BCUT2D eigenvalue weighted by atomic mass is 16.5. The molecule has 0 saturated heterocycles. The van der Waals surface area contributed by atoms with Gasteiger partial charge in [-0.3, -0.25) is 0 Å². The van der Waals surface area contributed by atoms with Crippen LogP contribution < -0.4 is 16.2 Å². The van der Waals surface area contributed by atoms with E-state index in [0.717, 1.165) is 22.7 Å². The molecule has 2 rings (SSSR count). The Kier molecular flexibility index (Phi) is 3.38. The van der Waals surface area contributed by atoms with Crippen LogP contribution in [0.15, 0.2) is 42.5 Å². The van der Waals surface area contributed by atoms with Crippen molar-refractivity contribution >= 4 is 11.4 Å². The summed E-state index contributed by atoms with van der Waals surface area (Å²) in [7, 11) is 0. The molecule has 0 aromatic heterocycles. The predicted molar refractivity (Wildman–Crippen MR) is 80.5 cm³/mol. The third-order valence-electron chi connectivity index (χ3n) is 2.93. The van der Waals surface area contributed by atoms with Crippen molar-refractivity contribution in [2.24, 2.45) is 0 Å². The predicted octanol–water partition coefficient (Wildman–Crippen LogP) is 3.94. The van der Waals surface area contributed by atoms with Crippen molar-refractivity contribution in [3.05, 3.63) is 48.0 Å². The van der Waals surface area contributed by atoms with Crippen LogP contribution in [0.25, 0.3) is 0 Å². The number of nitrogens with two attached hydrogens (primary N) is 2. The highest BCUT2D eigenvalue weighted by Crippen LogP contribution is 2.33. The Labute approximate surface area is 114 Å². The van der Waals surface area contributed by atoms with Gasteiger partial charge in [0.05, 0.1) is 0 Å². The van der Waals surface area contributed by atoms with E-state index in [0.29, 0.717) is 5.69 Å². The molecule has 0 amide bonds. The molecular weight excluding hydrogens is 236 g/mol. The summed E-state index contributed by atoms with van der Waals surface area (Å²) < 4.78 is 5.81. The highest BCUT2D eigenvalue weighted by Gasteiger charge is 2.17. The Balaban J connectivity index is 2.32. The molecule has 0 spiro atoms. The summed E-state index contributed by atoms with van der Waals surface area (Å²) in [6.07, 6.45) is 0. The van der Waals surface area contributed by atoms with Crippen LogP contribution in [0.3, 0.4) is 0 Å². The van der Waals surface area contributed by atoms with Crippen LogP contribution in [-0.2, 0) is 5.41 Å². The second-order valence-corrected chi connectivity index (χ2v) is 5.67. The molecule has 2 aromatic carbocycles. The van der Waals surface area contributed by atoms with Gasteiger partial charge in [-0.05, 0) is 41.3 Å². The van der Waals surface area contributed by atoms with Crippen molar-refractivity contribution < 1.29 is 4.74 Å². The van der Waals surface area contributed by atoms with E-state index in [1.165, 1.54) is 0 Å². The number of ether oxygens (including phenoxy) is 1. The summed E-state index contributed by atoms with van der Waals surface area (Å²) in [5, 5.41) is 0. The lowest BCUT2D eigenvalue weighted by Gasteiger charge is -2.22. The lowest BCUT2D eigenvalue weighted by Crippen LogP contribution is -2.13. The summed E-state index contributed by atoms with van der Waals surface area (Å²) in [5.41, 5.74) is 14.3. The van der Waals surface area contributed by atoms with Gasteiger partial charge in [0.2, 0.25) is 0 Å². The van der Waals surface area contributed by atoms with E-state index in [1.54, 1.807) is 6.07 Å². The molecule has 0 fully saturated rings. The average Bonchev–Trinajstić information content (AvgIpc) is 2.30. The smallest absolute Gasteiger partial charge is 0.129 e. The molecule has 0 atom stereocenters.